The third-order valence-electron chi connectivity index (χ3n) is 5.60. The lowest BCUT2D eigenvalue weighted by Gasteiger charge is -2.30. The predicted molar refractivity (Wildman–Crippen MR) is 110 cm³/mol. The molecule has 2 heterocycles. The number of fused-ring (bicyclic) bond motifs is 1. The molecule has 1 amide bonds. The summed E-state index contributed by atoms with van der Waals surface area (Å²) in [6, 6.07) is 8.19. The van der Waals surface area contributed by atoms with Gasteiger partial charge in [0.1, 0.15) is 12.4 Å². The average Bonchev–Trinajstić information content (AvgIpc) is 3.68. The van der Waals surface area contributed by atoms with E-state index in [2.05, 4.69) is 14.8 Å². The fraction of sp³-hybridized carbons (Fsp3) is 0.571. The Kier molecular flexibility index (Phi) is 5.11. The van der Waals surface area contributed by atoms with Gasteiger partial charge in [-0.15, -0.1) is 10.2 Å². The Labute approximate surface area is 174 Å². The Morgan fingerprint density at radius 3 is 2.72 bits per heavy atom. The molecule has 2 aliphatic carbocycles. The molecule has 0 radical (unpaired) electrons. The summed E-state index contributed by atoms with van der Waals surface area (Å²) in [5.74, 6) is 3.67. The first-order valence-electron chi connectivity index (χ1n) is 10.5. The number of likely N-dealkylation sites (N-methyl/N-ethyl adjacent to an activating group) is 1. The molecule has 7 nitrogen and oxygen atoms in total. The van der Waals surface area contributed by atoms with Crippen molar-refractivity contribution in [3.8, 4) is 11.5 Å². The smallest absolute Gasteiger partial charge is 0.233 e. The summed E-state index contributed by atoms with van der Waals surface area (Å²) in [6.07, 6.45) is 4.66. The Balaban J connectivity index is 1.19. The third kappa shape index (κ3) is 4.08. The summed E-state index contributed by atoms with van der Waals surface area (Å²) in [6.45, 7) is 3.61. The van der Waals surface area contributed by atoms with Crippen LogP contribution in [-0.4, -0.2) is 57.1 Å². The molecule has 2 saturated carbocycles. The quantitative estimate of drug-likeness (QED) is 0.618. The maximum atomic E-state index is 12.9. The lowest BCUT2D eigenvalue weighted by Crippen LogP contribution is -2.44. The number of amides is 1. The van der Waals surface area contributed by atoms with E-state index >= 15 is 0 Å². The molecule has 3 aliphatic rings. The van der Waals surface area contributed by atoms with E-state index in [-0.39, 0.29) is 12.0 Å². The minimum atomic E-state index is -0.157. The molecule has 1 aromatic carbocycles. The molecule has 2 aromatic rings. The zero-order valence-corrected chi connectivity index (χ0v) is 17.4. The number of benzene rings is 1. The van der Waals surface area contributed by atoms with E-state index in [0.29, 0.717) is 37.4 Å². The maximum absolute atomic E-state index is 12.9. The number of hydrogen-bond acceptors (Lipinski definition) is 6. The van der Waals surface area contributed by atoms with E-state index in [9.17, 15) is 4.79 Å². The zero-order chi connectivity index (χ0) is 19.8. The van der Waals surface area contributed by atoms with Crippen LogP contribution < -0.4 is 9.47 Å². The summed E-state index contributed by atoms with van der Waals surface area (Å²) in [5, 5.41) is 9.72. The number of carbonyl (C=O) groups is 1. The first-order valence-corrected chi connectivity index (χ1v) is 11.5. The molecule has 0 bridgehead atoms. The Morgan fingerprint density at radius 1 is 1.21 bits per heavy atom. The van der Waals surface area contributed by atoms with Crippen LogP contribution in [0.2, 0.25) is 0 Å². The van der Waals surface area contributed by atoms with Gasteiger partial charge < -0.3 is 18.9 Å². The molecule has 1 atom stereocenters. The van der Waals surface area contributed by atoms with Gasteiger partial charge in [-0.25, -0.2) is 0 Å². The monoisotopic (exact) mass is 414 g/mol. The lowest BCUT2D eigenvalue weighted by molar-refractivity contribution is -0.129. The summed E-state index contributed by atoms with van der Waals surface area (Å²) < 4.78 is 14.1. The van der Waals surface area contributed by atoms with Crippen molar-refractivity contribution >= 4 is 17.7 Å². The molecule has 29 heavy (non-hydrogen) atoms. The van der Waals surface area contributed by atoms with Crippen molar-refractivity contribution in [3.63, 3.8) is 0 Å². The maximum Gasteiger partial charge on any atom is 0.233 e. The van der Waals surface area contributed by atoms with Gasteiger partial charge >= 0.3 is 0 Å². The van der Waals surface area contributed by atoms with Crippen LogP contribution in [0.25, 0.3) is 0 Å². The summed E-state index contributed by atoms with van der Waals surface area (Å²) in [7, 11) is 0. The van der Waals surface area contributed by atoms with Gasteiger partial charge in [-0.1, -0.05) is 23.9 Å². The van der Waals surface area contributed by atoms with E-state index < -0.39 is 0 Å². The molecule has 1 aromatic heterocycles. The van der Waals surface area contributed by atoms with Crippen molar-refractivity contribution in [2.45, 2.75) is 55.8 Å². The molecule has 154 valence electrons. The summed E-state index contributed by atoms with van der Waals surface area (Å²) in [5.41, 5.74) is 0. The summed E-state index contributed by atoms with van der Waals surface area (Å²) in [4.78, 5) is 14.7. The largest absolute Gasteiger partial charge is 0.486 e. The first kappa shape index (κ1) is 18.8. The number of thioether (sulfide) groups is 1. The highest BCUT2D eigenvalue weighted by molar-refractivity contribution is 7.99. The Bertz CT molecular complexity index is 894. The zero-order valence-electron chi connectivity index (χ0n) is 16.6. The number of hydrogen-bond donors (Lipinski definition) is 0. The molecule has 8 heteroatoms. The van der Waals surface area contributed by atoms with E-state index in [1.54, 1.807) is 0 Å². The highest BCUT2D eigenvalue weighted by atomic mass is 32.2. The van der Waals surface area contributed by atoms with Crippen molar-refractivity contribution in [1.29, 1.82) is 0 Å². The lowest BCUT2D eigenvalue weighted by atomic mass is 10.2. The third-order valence-corrected chi connectivity index (χ3v) is 6.52. The molecule has 0 unspecified atom stereocenters. The van der Waals surface area contributed by atoms with E-state index in [1.165, 1.54) is 37.4 Å². The van der Waals surface area contributed by atoms with Crippen LogP contribution in [0.4, 0.5) is 0 Å². The minimum Gasteiger partial charge on any atom is -0.486 e. The fourth-order valence-corrected chi connectivity index (χ4v) is 4.62. The van der Waals surface area contributed by atoms with Gasteiger partial charge in [-0.05, 0) is 44.7 Å². The highest BCUT2D eigenvalue weighted by Gasteiger charge is 2.36. The molecule has 0 saturated heterocycles. The average molecular weight is 415 g/mol. The number of para-hydroxylation sites is 2. The van der Waals surface area contributed by atoms with Crippen LogP contribution in [0, 0.1) is 0 Å². The summed E-state index contributed by atoms with van der Waals surface area (Å²) >= 11 is 1.51. The second-order valence-electron chi connectivity index (χ2n) is 7.93. The normalized spacial score (nSPS) is 20.5. The van der Waals surface area contributed by atoms with E-state index in [1.807, 2.05) is 36.1 Å². The minimum absolute atomic E-state index is 0.0956. The van der Waals surface area contributed by atoms with Gasteiger partial charge in [0.25, 0.3) is 0 Å². The second-order valence-corrected chi connectivity index (χ2v) is 8.88. The van der Waals surface area contributed by atoms with Crippen LogP contribution in [0.1, 0.15) is 50.4 Å². The van der Waals surface area contributed by atoms with Gasteiger partial charge in [0.15, 0.2) is 22.8 Å². The molecular weight excluding hydrogens is 388 g/mol. The highest BCUT2D eigenvalue weighted by Crippen LogP contribution is 2.46. The molecular formula is C21H26N4O3S. The van der Waals surface area contributed by atoms with E-state index in [0.717, 1.165) is 22.5 Å². The number of carbonyl (C=O) groups excluding carboxylic acids is 1. The van der Waals surface area contributed by atoms with Crippen LogP contribution in [0.3, 0.4) is 0 Å². The van der Waals surface area contributed by atoms with Crippen LogP contribution in [-0.2, 0) is 4.79 Å². The van der Waals surface area contributed by atoms with Gasteiger partial charge in [-0.3, -0.25) is 4.79 Å². The van der Waals surface area contributed by atoms with Gasteiger partial charge in [-0.2, -0.15) is 0 Å². The Morgan fingerprint density at radius 2 is 2.00 bits per heavy atom. The molecule has 5 rings (SSSR count). The van der Waals surface area contributed by atoms with E-state index in [4.69, 9.17) is 9.47 Å². The van der Waals surface area contributed by atoms with Crippen molar-refractivity contribution in [2.75, 3.05) is 25.4 Å². The molecule has 1 aliphatic heterocycles. The number of aromatic nitrogens is 3. The van der Waals surface area contributed by atoms with Gasteiger partial charge in [0, 0.05) is 18.5 Å². The van der Waals surface area contributed by atoms with Crippen LogP contribution in [0.5, 0.6) is 11.5 Å². The standard InChI is InChI=1S/C21H26N4O3S/c1-2-24(11-16-12-27-17-5-3-4-6-18(17)28-16)19(26)13-29-21-23-22-20(14-7-8-14)25(21)15-9-10-15/h3-6,14-16H,2,7-13H2,1H3/t16-/m0/s1. The predicted octanol–water partition coefficient (Wildman–Crippen LogP) is 3.27. The molecule has 0 spiro atoms. The number of rotatable bonds is 8. The molecule has 2 fully saturated rings. The second kappa shape index (κ2) is 7.89. The van der Waals surface area contributed by atoms with Crippen molar-refractivity contribution < 1.29 is 14.3 Å². The first-order chi connectivity index (χ1) is 14.2. The van der Waals surface area contributed by atoms with Crippen molar-refractivity contribution in [3.05, 3.63) is 30.1 Å². The van der Waals surface area contributed by atoms with Gasteiger partial charge in [0.2, 0.25) is 5.91 Å². The Hall–Kier alpha value is -2.22. The fourth-order valence-electron chi connectivity index (χ4n) is 3.71. The van der Waals surface area contributed by atoms with Crippen molar-refractivity contribution in [2.24, 2.45) is 0 Å². The van der Waals surface area contributed by atoms with Gasteiger partial charge in [0.05, 0.1) is 12.3 Å². The van der Waals surface area contributed by atoms with Crippen LogP contribution >= 0.6 is 11.8 Å². The topological polar surface area (TPSA) is 69.5 Å². The molecule has 0 N–H and O–H groups in total. The number of ether oxygens (including phenoxy) is 2. The van der Waals surface area contributed by atoms with Crippen molar-refractivity contribution in [1.82, 2.24) is 19.7 Å². The number of nitrogens with zero attached hydrogens (tertiary/aromatic N) is 4. The SMILES string of the molecule is CCN(C[C@H]1COc2ccccc2O1)C(=O)CSc1nnc(C2CC2)n1C1CC1. The van der Waals surface area contributed by atoms with Crippen LogP contribution in [0.15, 0.2) is 29.4 Å².